The molecule has 1 aliphatic heterocycles. The third-order valence-electron chi connectivity index (χ3n) is 5.33. The molecule has 0 aliphatic carbocycles. The molecule has 0 unspecified atom stereocenters. The molecule has 0 aromatic heterocycles. The summed E-state index contributed by atoms with van der Waals surface area (Å²) in [6, 6.07) is 26.8. The van der Waals surface area contributed by atoms with Crippen molar-refractivity contribution >= 4 is 21.7 Å². The average Bonchev–Trinajstić information content (AvgIpc) is 2.72. The second-order valence-corrected chi connectivity index (χ2v) is 7.97. The van der Waals surface area contributed by atoms with E-state index in [0.29, 0.717) is 6.42 Å². The molecule has 0 N–H and O–H groups in total. The number of hydrogen-bond acceptors (Lipinski definition) is 2. The number of Topliss-reactive ketones (excluding diaryl/α,β-unsaturated/α-hetero) is 1. The van der Waals surface area contributed by atoms with Crippen molar-refractivity contribution in [3.8, 4) is 0 Å². The molecule has 1 aliphatic rings. The molecule has 0 bridgehead atoms. The van der Waals surface area contributed by atoms with Crippen LogP contribution in [0.25, 0.3) is 0 Å². The molecule has 2 nitrogen and oxygen atoms in total. The molecule has 1 heterocycles. The van der Waals surface area contributed by atoms with Gasteiger partial charge in [0.1, 0.15) is 0 Å². The van der Waals surface area contributed by atoms with Crippen molar-refractivity contribution < 1.29 is 4.79 Å². The van der Waals surface area contributed by atoms with E-state index in [9.17, 15) is 4.79 Å². The summed E-state index contributed by atoms with van der Waals surface area (Å²) in [6.45, 7) is 1.87. The first-order valence-electron chi connectivity index (χ1n) is 9.35. The van der Waals surface area contributed by atoms with E-state index in [4.69, 9.17) is 0 Å². The van der Waals surface area contributed by atoms with Crippen LogP contribution in [0.15, 0.2) is 83.3 Å². The first kappa shape index (κ1) is 18.1. The van der Waals surface area contributed by atoms with E-state index in [2.05, 4.69) is 69.4 Å². The molecule has 0 spiro atoms. The number of rotatable bonds is 5. The van der Waals surface area contributed by atoms with Crippen molar-refractivity contribution in [2.24, 2.45) is 0 Å². The van der Waals surface area contributed by atoms with E-state index in [-0.39, 0.29) is 11.8 Å². The van der Waals surface area contributed by atoms with Crippen LogP contribution in [0.2, 0.25) is 0 Å². The molecular weight excluding hydrogens is 398 g/mol. The largest absolute Gasteiger partial charge is 0.294 e. The van der Waals surface area contributed by atoms with Crippen molar-refractivity contribution in [2.45, 2.75) is 25.4 Å². The molecular formula is C24H22BrNO. The van der Waals surface area contributed by atoms with E-state index in [1.165, 1.54) is 16.7 Å². The van der Waals surface area contributed by atoms with Crippen LogP contribution in [0.5, 0.6) is 0 Å². The fourth-order valence-corrected chi connectivity index (χ4v) is 4.11. The van der Waals surface area contributed by atoms with Crippen molar-refractivity contribution in [1.82, 2.24) is 4.90 Å². The number of benzene rings is 3. The van der Waals surface area contributed by atoms with Gasteiger partial charge in [-0.3, -0.25) is 9.69 Å². The average molecular weight is 420 g/mol. The van der Waals surface area contributed by atoms with Gasteiger partial charge >= 0.3 is 0 Å². The minimum absolute atomic E-state index is 0.0932. The Bertz CT molecular complexity index is 921. The topological polar surface area (TPSA) is 20.3 Å². The Labute approximate surface area is 169 Å². The van der Waals surface area contributed by atoms with Crippen LogP contribution in [0.3, 0.4) is 0 Å². The zero-order valence-corrected chi connectivity index (χ0v) is 16.7. The van der Waals surface area contributed by atoms with E-state index in [1.54, 1.807) is 0 Å². The minimum atomic E-state index is 0.0932. The highest BCUT2D eigenvalue weighted by molar-refractivity contribution is 9.10. The molecule has 1 atom stereocenters. The van der Waals surface area contributed by atoms with Gasteiger partial charge in [-0.2, -0.15) is 0 Å². The van der Waals surface area contributed by atoms with Gasteiger partial charge in [-0.25, -0.2) is 0 Å². The molecule has 0 fully saturated rings. The highest BCUT2D eigenvalue weighted by Crippen LogP contribution is 2.31. The second kappa shape index (κ2) is 8.20. The van der Waals surface area contributed by atoms with Crippen LogP contribution < -0.4 is 0 Å². The smallest absolute Gasteiger partial charge is 0.164 e. The predicted molar refractivity (Wildman–Crippen MR) is 113 cm³/mol. The number of hydrogen-bond donors (Lipinski definition) is 0. The van der Waals surface area contributed by atoms with E-state index < -0.39 is 0 Å². The Kier molecular flexibility index (Phi) is 5.51. The van der Waals surface area contributed by atoms with E-state index in [1.807, 2.05) is 30.3 Å². The molecule has 4 rings (SSSR count). The summed E-state index contributed by atoms with van der Waals surface area (Å²) in [6.07, 6.45) is 1.53. The lowest BCUT2D eigenvalue weighted by Crippen LogP contribution is -2.35. The highest BCUT2D eigenvalue weighted by atomic mass is 79.9. The maximum Gasteiger partial charge on any atom is 0.164 e. The molecule has 136 valence electrons. The minimum Gasteiger partial charge on any atom is -0.294 e. The van der Waals surface area contributed by atoms with E-state index in [0.717, 1.165) is 29.5 Å². The van der Waals surface area contributed by atoms with E-state index >= 15 is 0 Å². The van der Waals surface area contributed by atoms with Crippen molar-refractivity contribution in [3.05, 3.63) is 106 Å². The number of halogens is 1. The summed E-state index contributed by atoms with van der Waals surface area (Å²) in [5.41, 5.74) is 4.79. The van der Waals surface area contributed by atoms with Crippen molar-refractivity contribution in [3.63, 3.8) is 0 Å². The molecule has 27 heavy (non-hydrogen) atoms. The van der Waals surface area contributed by atoms with Gasteiger partial charge in [0, 0.05) is 35.6 Å². The summed E-state index contributed by atoms with van der Waals surface area (Å²) in [5, 5.41) is 0. The molecule has 3 aromatic carbocycles. The fourth-order valence-electron chi connectivity index (χ4n) is 3.85. The molecule has 0 saturated carbocycles. The summed E-state index contributed by atoms with van der Waals surface area (Å²) in [7, 11) is 0. The van der Waals surface area contributed by atoms with Gasteiger partial charge in [0.25, 0.3) is 0 Å². The van der Waals surface area contributed by atoms with Crippen LogP contribution >= 0.6 is 15.9 Å². The Morgan fingerprint density at radius 2 is 1.56 bits per heavy atom. The van der Waals surface area contributed by atoms with Crippen LogP contribution in [-0.4, -0.2) is 17.2 Å². The Morgan fingerprint density at radius 3 is 2.30 bits per heavy atom. The van der Waals surface area contributed by atoms with Gasteiger partial charge in [0.15, 0.2) is 5.78 Å². The maximum absolute atomic E-state index is 13.0. The lowest BCUT2D eigenvalue weighted by atomic mass is 9.92. The Balaban J connectivity index is 1.60. The van der Waals surface area contributed by atoms with Crippen LogP contribution in [0.1, 0.15) is 39.5 Å². The SMILES string of the molecule is O=C(C[C@@H](c1ccccc1)N1CCc2ccccc2C1)c1ccc(Br)cc1. The monoisotopic (exact) mass is 419 g/mol. The summed E-state index contributed by atoms with van der Waals surface area (Å²) in [5.74, 6) is 0.190. The van der Waals surface area contributed by atoms with Crippen molar-refractivity contribution in [2.75, 3.05) is 6.54 Å². The predicted octanol–water partition coefficient (Wildman–Crippen LogP) is 5.82. The molecule has 3 heteroatoms. The number of nitrogens with zero attached hydrogens (tertiary/aromatic N) is 1. The summed E-state index contributed by atoms with van der Waals surface area (Å²) >= 11 is 3.44. The third kappa shape index (κ3) is 4.20. The second-order valence-electron chi connectivity index (χ2n) is 7.05. The molecule has 0 amide bonds. The normalized spacial score (nSPS) is 15.1. The first-order chi connectivity index (χ1) is 13.2. The fraction of sp³-hybridized carbons (Fsp3) is 0.208. The van der Waals surface area contributed by atoms with Gasteiger partial charge in [-0.1, -0.05) is 82.7 Å². The summed E-state index contributed by atoms with van der Waals surface area (Å²) in [4.78, 5) is 15.4. The molecule has 0 radical (unpaired) electrons. The number of ketones is 1. The Morgan fingerprint density at radius 1 is 0.889 bits per heavy atom. The lowest BCUT2D eigenvalue weighted by Gasteiger charge is -2.35. The number of carbonyl (C=O) groups is 1. The van der Waals surface area contributed by atoms with Gasteiger partial charge in [0.05, 0.1) is 0 Å². The van der Waals surface area contributed by atoms with Crippen LogP contribution in [-0.2, 0) is 13.0 Å². The highest BCUT2D eigenvalue weighted by Gasteiger charge is 2.27. The summed E-state index contributed by atoms with van der Waals surface area (Å²) < 4.78 is 0.992. The van der Waals surface area contributed by atoms with Gasteiger partial charge in [-0.15, -0.1) is 0 Å². The molecule has 3 aromatic rings. The van der Waals surface area contributed by atoms with Gasteiger partial charge < -0.3 is 0 Å². The zero-order valence-electron chi connectivity index (χ0n) is 15.1. The zero-order chi connectivity index (χ0) is 18.6. The number of carbonyl (C=O) groups excluding carboxylic acids is 1. The standard InChI is InChI=1S/C24H22BrNO/c25-22-12-10-20(11-13-22)24(27)16-23(19-7-2-1-3-8-19)26-15-14-18-6-4-5-9-21(18)17-26/h1-13,23H,14-17H2/t23-/m0/s1. The van der Waals surface area contributed by atoms with Crippen LogP contribution in [0.4, 0.5) is 0 Å². The van der Waals surface area contributed by atoms with Gasteiger partial charge in [-0.05, 0) is 35.2 Å². The lowest BCUT2D eigenvalue weighted by molar-refractivity contribution is 0.0903. The maximum atomic E-state index is 13.0. The van der Waals surface area contributed by atoms with Gasteiger partial charge in [0.2, 0.25) is 0 Å². The van der Waals surface area contributed by atoms with Crippen LogP contribution in [0, 0.1) is 0 Å². The Hall–Kier alpha value is -2.23. The third-order valence-corrected chi connectivity index (χ3v) is 5.86. The number of fused-ring (bicyclic) bond motifs is 1. The molecule has 0 saturated heterocycles. The first-order valence-corrected chi connectivity index (χ1v) is 10.1. The van der Waals surface area contributed by atoms with Crippen molar-refractivity contribution in [1.29, 1.82) is 0 Å². The quantitative estimate of drug-likeness (QED) is 0.485.